The second-order valence-corrected chi connectivity index (χ2v) is 10.2. The molecule has 0 radical (unpaired) electrons. The molecule has 0 bridgehead atoms. The number of nitrogens with two attached hydrogens (primary N) is 1. The van der Waals surface area contributed by atoms with Gasteiger partial charge in [0.25, 0.3) is 5.91 Å². The van der Waals surface area contributed by atoms with Crippen molar-refractivity contribution in [1.82, 2.24) is 20.3 Å². The quantitative estimate of drug-likeness (QED) is 0.268. The van der Waals surface area contributed by atoms with Crippen LogP contribution in [-0.4, -0.2) is 51.2 Å². The molecule has 0 unspecified atom stereocenters. The molecule has 2 amide bonds. The van der Waals surface area contributed by atoms with Gasteiger partial charge in [-0.1, -0.05) is 15.9 Å². The summed E-state index contributed by atoms with van der Waals surface area (Å²) in [6.07, 6.45) is 3.31. The number of anilines is 2. The van der Waals surface area contributed by atoms with Gasteiger partial charge in [-0.05, 0) is 63.9 Å². The van der Waals surface area contributed by atoms with Crippen LogP contribution in [0.3, 0.4) is 0 Å². The maximum Gasteiger partial charge on any atom is 0.408 e. The molecule has 0 aliphatic carbocycles. The lowest BCUT2D eigenvalue weighted by molar-refractivity contribution is -0.126. The number of amides is 2. The minimum atomic E-state index is -1.23. The molecule has 0 atom stereocenters. The summed E-state index contributed by atoms with van der Waals surface area (Å²) in [6.45, 7) is 6.29. The highest BCUT2D eigenvalue weighted by Gasteiger charge is 2.46. The summed E-state index contributed by atoms with van der Waals surface area (Å²) < 4.78 is 6.34. The molecule has 1 saturated heterocycles. The van der Waals surface area contributed by atoms with Crippen molar-refractivity contribution in [2.45, 2.75) is 44.8 Å². The van der Waals surface area contributed by atoms with E-state index >= 15 is 0 Å². The molecule has 1 aromatic carbocycles. The van der Waals surface area contributed by atoms with Gasteiger partial charge in [0.1, 0.15) is 28.9 Å². The number of aromatic amines is 1. The summed E-state index contributed by atoms with van der Waals surface area (Å²) in [7, 11) is 0. The van der Waals surface area contributed by atoms with Gasteiger partial charge in [0, 0.05) is 23.8 Å². The number of H-pyrrole nitrogens is 1. The van der Waals surface area contributed by atoms with Crippen LogP contribution in [0.4, 0.5) is 16.3 Å². The number of fused-ring (bicyclic) bond motifs is 1. The molecule has 34 heavy (non-hydrogen) atoms. The lowest BCUT2D eigenvalue weighted by Gasteiger charge is -2.43. The maximum absolute atomic E-state index is 13.7. The van der Waals surface area contributed by atoms with Crippen LogP contribution in [0.5, 0.6) is 0 Å². The molecule has 1 aliphatic rings. The van der Waals surface area contributed by atoms with E-state index in [1.165, 1.54) is 6.33 Å². The van der Waals surface area contributed by atoms with Gasteiger partial charge in [0.05, 0.1) is 11.1 Å². The Labute approximate surface area is 206 Å². The van der Waals surface area contributed by atoms with Crippen molar-refractivity contribution in [1.29, 1.82) is 0 Å². The molecule has 3 heterocycles. The predicted octanol–water partition coefficient (Wildman–Crippen LogP) is 3.49. The van der Waals surface area contributed by atoms with Crippen molar-refractivity contribution >= 4 is 50.5 Å². The Kier molecular flexibility index (Phi) is 6.50. The Bertz CT molecular complexity index is 1180. The number of piperidine rings is 1. The highest BCUT2D eigenvalue weighted by molar-refractivity contribution is 9.10. The fourth-order valence-corrected chi connectivity index (χ4v) is 4.32. The molecule has 4 rings (SSSR count). The zero-order valence-electron chi connectivity index (χ0n) is 19.3. The van der Waals surface area contributed by atoms with Crippen LogP contribution >= 0.6 is 15.9 Å². The lowest BCUT2D eigenvalue weighted by atomic mass is 9.86. The van der Waals surface area contributed by atoms with Gasteiger partial charge >= 0.3 is 6.09 Å². The van der Waals surface area contributed by atoms with Crippen molar-refractivity contribution in [3.8, 4) is 0 Å². The largest absolute Gasteiger partial charge is 0.444 e. The van der Waals surface area contributed by atoms with Crippen LogP contribution in [0.1, 0.15) is 33.6 Å². The average molecular weight is 530 g/mol. The van der Waals surface area contributed by atoms with Crippen LogP contribution in [0.25, 0.3) is 11.0 Å². The Morgan fingerprint density at radius 3 is 2.50 bits per heavy atom. The molecular weight excluding hydrogens is 502 g/mol. The number of carbonyl (C=O) groups excluding carboxylic acids is 2. The number of carbonyl (C=O) groups is 2. The number of benzene rings is 1. The Balaban J connectivity index is 1.59. The SMILES string of the molecule is CC(C)(C)OC(=O)NC1(C(=O)N(N)c2ccc(Br)cc2)CCN(c2ncnc3[nH]ccc23)CC1. The molecule has 1 fully saturated rings. The van der Waals surface area contributed by atoms with Gasteiger partial charge in [0.2, 0.25) is 0 Å². The average Bonchev–Trinajstić information content (AvgIpc) is 3.27. The zero-order chi connectivity index (χ0) is 24.5. The van der Waals surface area contributed by atoms with Crippen LogP contribution in [0.2, 0.25) is 0 Å². The van der Waals surface area contributed by atoms with E-state index in [0.717, 1.165) is 26.3 Å². The number of alkyl carbamates (subject to hydrolysis) is 1. The molecule has 11 heteroatoms. The number of hydrogen-bond donors (Lipinski definition) is 3. The summed E-state index contributed by atoms with van der Waals surface area (Å²) in [5.74, 6) is 6.62. The molecule has 4 N–H and O–H groups in total. The van der Waals surface area contributed by atoms with Gasteiger partial charge < -0.3 is 19.9 Å². The second-order valence-electron chi connectivity index (χ2n) is 9.28. The topological polar surface area (TPSA) is 129 Å². The first-order valence-electron chi connectivity index (χ1n) is 11.0. The molecule has 3 aromatic rings. The van der Waals surface area contributed by atoms with E-state index in [9.17, 15) is 9.59 Å². The fourth-order valence-electron chi connectivity index (χ4n) is 4.05. The third-order valence-corrected chi connectivity index (χ3v) is 6.25. The highest BCUT2D eigenvalue weighted by Crippen LogP contribution is 2.31. The standard InChI is InChI=1S/C23H28BrN7O3/c1-22(2,3)34-21(33)29-23(20(32)31(25)16-6-4-15(24)5-7-16)9-12-30(13-10-23)19-17-8-11-26-18(17)27-14-28-19/h4-8,11,14H,9-10,12-13,25H2,1-3H3,(H,29,33)(H,26,27,28). The number of nitrogens with one attached hydrogen (secondary N) is 2. The van der Waals surface area contributed by atoms with E-state index in [0.29, 0.717) is 31.6 Å². The number of hydrogen-bond acceptors (Lipinski definition) is 7. The first-order chi connectivity index (χ1) is 16.1. The Hall–Kier alpha value is -3.18. The third kappa shape index (κ3) is 5.00. The third-order valence-electron chi connectivity index (χ3n) is 5.72. The minimum absolute atomic E-state index is 0.325. The monoisotopic (exact) mass is 529 g/mol. The van der Waals surface area contributed by atoms with E-state index in [1.807, 2.05) is 12.3 Å². The Morgan fingerprint density at radius 1 is 1.18 bits per heavy atom. The molecule has 0 spiro atoms. The van der Waals surface area contributed by atoms with Gasteiger partial charge in [-0.2, -0.15) is 0 Å². The Morgan fingerprint density at radius 2 is 1.85 bits per heavy atom. The van der Waals surface area contributed by atoms with E-state index < -0.39 is 23.1 Å². The van der Waals surface area contributed by atoms with Crippen LogP contribution in [0.15, 0.2) is 47.3 Å². The molecule has 2 aromatic heterocycles. The number of halogens is 1. The summed E-state index contributed by atoms with van der Waals surface area (Å²) in [5, 5.41) is 4.84. The fraction of sp³-hybridized carbons (Fsp3) is 0.391. The van der Waals surface area contributed by atoms with Crippen LogP contribution < -0.4 is 21.1 Å². The van der Waals surface area contributed by atoms with Gasteiger partial charge in [0.15, 0.2) is 0 Å². The van der Waals surface area contributed by atoms with E-state index in [4.69, 9.17) is 10.6 Å². The van der Waals surface area contributed by atoms with E-state index in [-0.39, 0.29) is 0 Å². The van der Waals surface area contributed by atoms with Crippen LogP contribution in [-0.2, 0) is 9.53 Å². The van der Waals surface area contributed by atoms with Crippen molar-refractivity contribution in [3.05, 3.63) is 47.3 Å². The number of rotatable bonds is 4. The molecule has 180 valence electrons. The first-order valence-corrected chi connectivity index (χ1v) is 11.8. The van der Waals surface area contributed by atoms with Crippen LogP contribution in [0, 0.1) is 0 Å². The zero-order valence-corrected chi connectivity index (χ0v) is 20.9. The van der Waals surface area contributed by atoms with Crippen molar-refractivity contribution in [3.63, 3.8) is 0 Å². The number of aromatic nitrogens is 3. The number of nitrogens with zero attached hydrogens (tertiary/aromatic N) is 4. The number of hydrazine groups is 1. The van der Waals surface area contributed by atoms with E-state index in [1.54, 1.807) is 45.0 Å². The lowest BCUT2D eigenvalue weighted by Crippen LogP contribution is -2.65. The van der Waals surface area contributed by atoms with Crippen molar-refractivity contribution in [2.75, 3.05) is 23.0 Å². The predicted molar refractivity (Wildman–Crippen MR) is 133 cm³/mol. The van der Waals surface area contributed by atoms with E-state index in [2.05, 4.69) is 41.1 Å². The minimum Gasteiger partial charge on any atom is -0.444 e. The van der Waals surface area contributed by atoms with Gasteiger partial charge in [-0.25, -0.2) is 25.6 Å². The maximum atomic E-state index is 13.7. The summed E-state index contributed by atoms with van der Waals surface area (Å²) >= 11 is 3.39. The van der Waals surface area contributed by atoms with Crippen molar-refractivity contribution in [2.24, 2.45) is 5.84 Å². The molecule has 1 aliphatic heterocycles. The second kappa shape index (κ2) is 9.22. The summed E-state index contributed by atoms with van der Waals surface area (Å²) in [6, 6.07) is 9.00. The molecular formula is C23H28BrN7O3. The smallest absolute Gasteiger partial charge is 0.408 e. The molecule has 10 nitrogen and oxygen atoms in total. The highest BCUT2D eigenvalue weighted by atomic mass is 79.9. The first kappa shape index (κ1) is 24.0. The van der Waals surface area contributed by atoms with Gasteiger partial charge in [-0.3, -0.25) is 4.79 Å². The molecule has 0 saturated carbocycles. The van der Waals surface area contributed by atoms with Gasteiger partial charge in [-0.15, -0.1) is 0 Å². The van der Waals surface area contributed by atoms with Crippen molar-refractivity contribution < 1.29 is 14.3 Å². The number of ether oxygens (including phenoxy) is 1. The normalized spacial score (nSPS) is 15.7. The summed E-state index contributed by atoms with van der Waals surface area (Å²) in [5.41, 5.74) is -0.673. The summed E-state index contributed by atoms with van der Waals surface area (Å²) in [4.78, 5) is 40.3.